The molecule has 0 atom stereocenters. The molecule has 140 valence electrons. The van der Waals surface area contributed by atoms with Gasteiger partial charge in [-0.1, -0.05) is 6.07 Å². The Hall–Kier alpha value is -3.02. The maximum Gasteiger partial charge on any atom is 0.292 e. The van der Waals surface area contributed by atoms with E-state index in [0.717, 1.165) is 24.3 Å². The minimum atomic E-state index is -0.298. The molecular formula is C21H23N3O3. The Kier molecular flexibility index (Phi) is 4.71. The molecule has 0 bridgehead atoms. The van der Waals surface area contributed by atoms with Crippen molar-refractivity contribution in [3.05, 3.63) is 64.7 Å². The highest BCUT2D eigenvalue weighted by molar-refractivity contribution is 6.01. The summed E-state index contributed by atoms with van der Waals surface area (Å²) in [5.74, 6) is 2.06. The molecule has 1 amide bonds. The van der Waals surface area contributed by atoms with Crippen LogP contribution >= 0.6 is 0 Å². The van der Waals surface area contributed by atoms with Crippen LogP contribution < -0.4 is 10.1 Å². The molecule has 2 aromatic heterocycles. The third-order valence-corrected chi connectivity index (χ3v) is 4.78. The predicted molar refractivity (Wildman–Crippen MR) is 102 cm³/mol. The normalized spacial score (nSPS) is 12.8. The molecule has 6 heteroatoms. The number of aromatic nitrogens is 2. The predicted octanol–water partition coefficient (Wildman–Crippen LogP) is 4.12. The second kappa shape index (κ2) is 7.31. The van der Waals surface area contributed by atoms with Gasteiger partial charge in [-0.05, 0) is 68.5 Å². The summed E-state index contributed by atoms with van der Waals surface area (Å²) in [5.41, 5.74) is 3.64. The molecular weight excluding hydrogens is 342 g/mol. The van der Waals surface area contributed by atoms with Gasteiger partial charge in [-0.3, -0.25) is 4.79 Å². The van der Waals surface area contributed by atoms with E-state index in [2.05, 4.69) is 22.5 Å². The van der Waals surface area contributed by atoms with Crippen LogP contribution in [0.15, 0.2) is 40.8 Å². The van der Waals surface area contributed by atoms with Crippen molar-refractivity contribution < 1.29 is 13.9 Å². The SMILES string of the molecule is CCn1nc(C)cc1NC(=O)c1ccc(COc2ccc3c(c2)CCC3)o1. The van der Waals surface area contributed by atoms with Crippen LogP contribution in [0.4, 0.5) is 5.82 Å². The third kappa shape index (κ3) is 3.74. The maximum absolute atomic E-state index is 12.4. The van der Waals surface area contributed by atoms with E-state index in [1.54, 1.807) is 16.8 Å². The zero-order chi connectivity index (χ0) is 18.8. The number of anilines is 1. The molecule has 6 nitrogen and oxygen atoms in total. The zero-order valence-electron chi connectivity index (χ0n) is 15.6. The first-order valence-electron chi connectivity index (χ1n) is 9.31. The molecule has 27 heavy (non-hydrogen) atoms. The van der Waals surface area contributed by atoms with Gasteiger partial charge < -0.3 is 14.5 Å². The van der Waals surface area contributed by atoms with Crippen LogP contribution in [-0.4, -0.2) is 15.7 Å². The number of nitrogens with one attached hydrogen (secondary N) is 1. The summed E-state index contributed by atoms with van der Waals surface area (Å²) in [5, 5.41) is 7.16. The molecule has 1 aromatic carbocycles. The van der Waals surface area contributed by atoms with Gasteiger partial charge in [-0.15, -0.1) is 0 Å². The van der Waals surface area contributed by atoms with E-state index in [1.165, 1.54) is 17.5 Å². The number of benzene rings is 1. The molecule has 0 spiro atoms. The van der Waals surface area contributed by atoms with E-state index in [1.807, 2.05) is 26.0 Å². The lowest BCUT2D eigenvalue weighted by Gasteiger charge is -2.07. The fourth-order valence-electron chi connectivity index (χ4n) is 3.44. The second-order valence-corrected chi connectivity index (χ2v) is 6.78. The highest BCUT2D eigenvalue weighted by atomic mass is 16.5. The topological polar surface area (TPSA) is 69.3 Å². The molecule has 0 unspecified atom stereocenters. The number of carbonyl (C=O) groups is 1. The van der Waals surface area contributed by atoms with Crippen molar-refractivity contribution in [2.24, 2.45) is 0 Å². The largest absolute Gasteiger partial charge is 0.486 e. The molecule has 0 saturated carbocycles. The molecule has 0 fully saturated rings. The van der Waals surface area contributed by atoms with E-state index in [0.29, 0.717) is 18.1 Å². The summed E-state index contributed by atoms with van der Waals surface area (Å²) in [4.78, 5) is 12.4. The van der Waals surface area contributed by atoms with Gasteiger partial charge in [0.15, 0.2) is 5.76 Å². The molecule has 0 saturated heterocycles. The van der Waals surface area contributed by atoms with Crippen molar-refractivity contribution in [3.63, 3.8) is 0 Å². The summed E-state index contributed by atoms with van der Waals surface area (Å²) in [6, 6.07) is 11.5. The van der Waals surface area contributed by atoms with Crippen LogP contribution in [0.5, 0.6) is 5.75 Å². The molecule has 1 aliphatic carbocycles. The number of carbonyl (C=O) groups excluding carboxylic acids is 1. The average Bonchev–Trinajstić information content (AvgIpc) is 3.38. The second-order valence-electron chi connectivity index (χ2n) is 6.78. The number of hydrogen-bond donors (Lipinski definition) is 1. The summed E-state index contributed by atoms with van der Waals surface area (Å²) in [7, 11) is 0. The standard InChI is InChI=1S/C21H23N3O3/c1-3-24-20(11-14(2)23-24)22-21(25)19-10-9-18(27-19)13-26-17-8-7-15-5-4-6-16(15)12-17/h7-12H,3-6,13H2,1-2H3,(H,22,25). The van der Waals surface area contributed by atoms with Crippen LogP contribution in [0.25, 0.3) is 0 Å². The first-order chi connectivity index (χ1) is 13.1. The van der Waals surface area contributed by atoms with Gasteiger partial charge in [0.25, 0.3) is 5.91 Å². The number of amides is 1. The number of fused-ring (bicyclic) bond motifs is 1. The molecule has 3 aromatic rings. The van der Waals surface area contributed by atoms with E-state index < -0.39 is 0 Å². The molecule has 0 aliphatic heterocycles. The third-order valence-electron chi connectivity index (χ3n) is 4.78. The van der Waals surface area contributed by atoms with Crippen molar-refractivity contribution in [2.75, 3.05) is 5.32 Å². The monoisotopic (exact) mass is 365 g/mol. The quantitative estimate of drug-likeness (QED) is 0.713. The fourth-order valence-corrected chi connectivity index (χ4v) is 3.44. The maximum atomic E-state index is 12.4. The Morgan fingerprint density at radius 1 is 1.22 bits per heavy atom. The molecule has 1 N–H and O–H groups in total. The van der Waals surface area contributed by atoms with Gasteiger partial charge in [0.05, 0.1) is 5.69 Å². The molecule has 2 heterocycles. The van der Waals surface area contributed by atoms with Crippen LogP contribution in [0.3, 0.4) is 0 Å². The van der Waals surface area contributed by atoms with Gasteiger partial charge in [0.2, 0.25) is 0 Å². The van der Waals surface area contributed by atoms with Crippen molar-refractivity contribution in [1.82, 2.24) is 9.78 Å². The van der Waals surface area contributed by atoms with Crippen molar-refractivity contribution in [3.8, 4) is 5.75 Å². The lowest BCUT2D eigenvalue weighted by molar-refractivity contribution is 0.0991. The number of nitrogens with zero attached hydrogens (tertiary/aromatic N) is 2. The van der Waals surface area contributed by atoms with E-state index in [4.69, 9.17) is 9.15 Å². The Bertz CT molecular complexity index is 971. The highest BCUT2D eigenvalue weighted by Gasteiger charge is 2.15. The minimum Gasteiger partial charge on any atom is -0.486 e. The van der Waals surface area contributed by atoms with Crippen molar-refractivity contribution in [2.45, 2.75) is 46.3 Å². The molecule has 1 aliphatic rings. The van der Waals surface area contributed by atoms with E-state index in [9.17, 15) is 4.79 Å². The lowest BCUT2D eigenvalue weighted by Crippen LogP contribution is -2.14. The Morgan fingerprint density at radius 2 is 2.07 bits per heavy atom. The van der Waals surface area contributed by atoms with Gasteiger partial charge >= 0.3 is 0 Å². The smallest absolute Gasteiger partial charge is 0.292 e. The van der Waals surface area contributed by atoms with Crippen LogP contribution in [-0.2, 0) is 26.0 Å². The van der Waals surface area contributed by atoms with Gasteiger partial charge in [-0.2, -0.15) is 5.10 Å². The average molecular weight is 365 g/mol. The minimum absolute atomic E-state index is 0.254. The van der Waals surface area contributed by atoms with Gasteiger partial charge in [-0.25, -0.2) is 4.68 Å². The Morgan fingerprint density at radius 3 is 2.93 bits per heavy atom. The van der Waals surface area contributed by atoms with Crippen LogP contribution in [0.1, 0.15) is 46.5 Å². The number of rotatable bonds is 6. The number of ether oxygens (including phenoxy) is 1. The van der Waals surface area contributed by atoms with E-state index in [-0.39, 0.29) is 18.3 Å². The van der Waals surface area contributed by atoms with Crippen LogP contribution in [0, 0.1) is 6.92 Å². The summed E-state index contributed by atoms with van der Waals surface area (Å²) in [6.45, 7) is 4.84. The van der Waals surface area contributed by atoms with Gasteiger partial charge in [0, 0.05) is 12.6 Å². The molecule has 4 rings (SSSR count). The van der Waals surface area contributed by atoms with Crippen LogP contribution in [0.2, 0.25) is 0 Å². The van der Waals surface area contributed by atoms with E-state index >= 15 is 0 Å². The zero-order valence-corrected chi connectivity index (χ0v) is 15.6. The number of furan rings is 1. The van der Waals surface area contributed by atoms with Gasteiger partial charge in [0.1, 0.15) is 23.9 Å². The number of aryl methyl sites for hydroxylation is 4. The molecule has 0 radical (unpaired) electrons. The Labute approximate surface area is 158 Å². The summed E-state index contributed by atoms with van der Waals surface area (Å²) >= 11 is 0. The number of hydrogen-bond acceptors (Lipinski definition) is 4. The summed E-state index contributed by atoms with van der Waals surface area (Å²) in [6.07, 6.45) is 3.49. The lowest BCUT2D eigenvalue weighted by atomic mass is 10.1. The fraction of sp³-hybridized carbons (Fsp3) is 0.333. The first kappa shape index (κ1) is 17.4. The summed E-state index contributed by atoms with van der Waals surface area (Å²) < 4.78 is 13.2. The first-order valence-corrected chi connectivity index (χ1v) is 9.31. The highest BCUT2D eigenvalue weighted by Crippen LogP contribution is 2.26. The van der Waals surface area contributed by atoms with Crippen molar-refractivity contribution >= 4 is 11.7 Å². The van der Waals surface area contributed by atoms with Crippen molar-refractivity contribution in [1.29, 1.82) is 0 Å². The Balaban J connectivity index is 1.38.